The summed E-state index contributed by atoms with van der Waals surface area (Å²) in [5.74, 6) is 1.34. The molecular weight excluding hydrogens is 276 g/mol. The molecule has 0 radical (unpaired) electrons. The van der Waals surface area contributed by atoms with Gasteiger partial charge in [0.05, 0.1) is 0 Å². The van der Waals surface area contributed by atoms with Gasteiger partial charge in [-0.15, -0.1) is 6.58 Å². The molecule has 0 fully saturated rings. The molecule has 0 spiro atoms. The molecule has 0 aliphatic rings. The molecule has 9 heteroatoms. The SMILES string of the molecule is C=CCNNC(=S)Nc1nc(NCC)nc(NCC)n1. The van der Waals surface area contributed by atoms with Crippen molar-refractivity contribution in [1.82, 2.24) is 25.8 Å². The smallest absolute Gasteiger partial charge is 0.235 e. The predicted octanol–water partition coefficient (Wildman–Crippen LogP) is 0.712. The first kappa shape index (κ1) is 16.1. The van der Waals surface area contributed by atoms with Gasteiger partial charge in [-0.25, -0.2) is 5.43 Å². The zero-order chi connectivity index (χ0) is 14.8. The summed E-state index contributed by atoms with van der Waals surface area (Å²) >= 11 is 5.10. The third-order valence-corrected chi connectivity index (χ3v) is 2.18. The minimum atomic E-state index is 0.364. The average Bonchev–Trinajstić information content (AvgIpc) is 2.39. The van der Waals surface area contributed by atoms with E-state index in [1.807, 2.05) is 13.8 Å². The molecule has 0 aliphatic carbocycles. The minimum Gasteiger partial charge on any atom is -0.354 e. The largest absolute Gasteiger partial charge is 0.354 e. The highest BCUT2D eigenvalue weighted by molar-refractivity contribution is 7.80. The molecule has 0 amide bonds. The number of hydrogen-bond donors (Lipinski definition) is 5. The van der Waals surface area contributed by atoms with Crippen molar-refractivity contribution in [3.63, 3.8) is 0 Å². The van der Waals surface area contributed by atoms with Gasteiger partial charge in [0, 0.05) is 19.6 Å². The number of rotatable bonds is 8. The van der Waals surface area contributed by atoms with E-state index >= 15 is 0 Å². The first-order valence-electron chi connectivity index (χ1n) is 6.34. The highest BCUT2D eigenvalue weighted by atomic mass is 32.1. The lowest BCUT2D eigenvalue weighted by Crippen LogP contribution is -2.40. The van der Waals surface area contributed by atoms with E-state index in [9.17, 15) is 0 Å². The van der Waals surface area contributed by atoms with E-state index in [4.69, 9.17) is 12.2 Å². The maximum absolute atomic E-state index is 5.10. The number of thiocarbonyl (C=S) groups is 1. The van der Waals surface area contributed by atoms with E-state index in [-0.39, 0.29) is 0 Å². The Morgan fingerprint density at radius 3 is 2.15 bits per heavy atom. The van der Waals surface area contributed by atoms with Crippen LogP contribution in [0.25, 0.3) is 0 Å². The summed E-state index contributed by atoms with van der Waals surface area (Å²) in [5.41, 5.74) is 5.65. The molecule has 20 heavy (non-hydrogen) atoms. The van der Waals surface area contributed by atoms with Crippen molar-refractivity contribution in [1.29, 1.82) is 0 Å². The lowest BCUT2D eigenvalue weighted by molar-refractivity contribution is 0.721. The molecule has 5 N–H and O–H groups in total. The molecule has 0 saturated heterocycles. The van der Waals surface area contributed by atoms with Crippen LogP contribution in [0.3, 0.4) is 0 Å². The molecule has 0 aromatic carbocycles. The Balaban J connectivity index is 2.71. The van der Waals surface area contributed by atoms with Gasteiger partial charge in [-0.3, -0.25) is 10.7 Å². The molecule has 0 unspecified atom stereocenters. The summed E-state index contributed by atoms with van der Waals surface area (Å²) in [6, 6.07) is 0. The van der Waals surface area contributed by atoms with Crippen LogP contribution in [0.15, 0.2) is 12.7 Å². The van der Waals surface area contributed by atoms with Crippen molar-refractivity contribution in [3.05, 3.63) is 12.7 Å². The first-order valence-corrected chi connectivity index (χ1v) is 6.75. The van der Waals surface area contributed by atoms with Crippen molar-refractivity contribution in [2.24, 2.45) is 0 Å². The maximum Gasteiger partial charge on any atom is 0.235 e. The standard InChI is InChI=1S/C11H20N8S/c1-4-7-14-19-11(20)18-10-16-8(12-5-2)15-9(17-10)13-6-3/h4,14H,1,5-7H2,2-3H3,(H4,12,13,15,16,17,18,19,20). The van der Waals surface area contributed by atoms with Gasteiger partial charge >= 0.3 is 0 Å². The van der Waals surface area contributed by atoms with E-state index in [1.54, 1.807) is 6.08 Å². The number of nitrogens with zero attached hydrogens (tertiary/aromatic N) is 3. The number of hydrazine groups is 1. The molecule has 0 bridgehead atoms. The normalized spacial score (nSPS) is 9.70. The fraction of sp³-hybridized carbons (Fsp3) is 0.455. The molecule has 1 aromatic rings. The molecule has 1 rings (SSSR count). The number of hydrogen-bond acceptors (Lipinski definition) is 7. The van der Waals surface area contributed by atoms with Gasteiger partial charge < -0.3 is 10.6 Å². The molecule has 110 valence electrons. The highest BCUT2D eigenvalue weighted by Crippen LogP contribution is 2.08. The summed E-state index contributed by atoms with van der Waals surface area (Å²) in [4.78, 5) is 12.6. The summed E-state index contributed by atoms with van der Waals surface area (Å²) in [7, 11) is 0. The third-order valence-electron chi connectivity index (χ3n) is 1.98. The van der Waals surface area contributed by atoms with Crippen LogP contribution in [-0.4, -0.2) is 39.7 Å². The van der Waals surface area contributed by atoms with Crippen LogP contribution >= 0.6 is 12.2 Å². The Bertz CT molecular complexity index is 426. The molecule has 0 atom stereocenters. The molecule has 0 aliphatic heterocycles. The third kappa shape index (κ3) is 5.76. The lowest BCUT2D eigenvalue weighted by Gasteiger charge is -2.11. The summed E-state index contributed by atoms with van der Waals surface area (Å²) in [6.45, 7) is 9.55. The van der Waals surface area contributed by atoms with E-state index in [1.165, 1.54) is 0 Å². The first-order chi connectivity index (χ1) is 9.69. The van der Waals surface area contributed by atoms with Crippen molar-refractivity contribution in [3.8, 4) is 0 Å². The predicted molar refractivity (Wildman–Crippen MR) is 85.7 cm³/mol. The van der Waals surface area contributed by atoms with Crippen molar-refractivity contribution in [2.45, 2.75) is 13.8 Å². The van der Waals surface area contributed by atoms with E-state index < -0.39 is 0 Å². The number of nitrogens with one attached hydrogen (secondary N) is 5. The Hall–Kier alpha value is -2.00. The second-order valence-electron chi connectivity index (χ2n) is 3.62. The van der Waals surface area contributed by atoms with Crippen LogP contribution < -0.4 is 26.8 Å². The Morgan fingerprint density at radius 1 is 1.10 bits per heavy atom. The highest BCUT2D eigenvalue weighted by Gasteiger charge is 2.06. The maximum atomic E-state index is 5.10. The lowest BCUT2D eigenvalue weighted by atomic mass is 10.7. The summed E-state index contributed by atoms with van der Waals surface area (Å²) in [6.07, 6.45) is 1.71. The quantitative estimate of drug-likeness (QED) is 0.205. The van der Waals surface area contributed by atoms with Crippen LogP contribution in [0.4, 0.5) is 17.8 Å². The fourth-order valence-electron chi connectivity index (χ4n) is 1.24. The van der Waals surface area contributed by atoms with Crippen LogP contribution in [-0.2, 0) is 0 Å². The summed E-state index contributed by atoms with van der Waals surface area (Å²) in [5, 5.41) is 9.32. The van der Waals surface area contributed by atoms with Crippen molar-refractivity contribution >= 4 is 35.2 Å². The zero-order valence-corrected chi connectivity index (χ0v) is 12.5. The molecule has 8 nitrogen and oxygen atoms in total. The monoisotopic (exact) mass is 296 g/mol. The van der Waals surface area contributed by atoms with Gasteiger partial charge in [-0.05, 0) is 26.1 Å². The number of aromatic nitrogens is 3. The van der Waals surface area contributed by atoms with Crippen molar-refractivity contribution in [2.75, 3.05) is 35.6 Å². The van der Waals surface area contributed by atoms with Gasteiger partial charge in [-0.2, -0.15) is 15.0 Å². The average molecular weight is 296 g/mol. The topological polar surface area (TPSA) is 98.8 Å². The van der Waals surface area contributed by atoms with Crippen LogP contribution in [0, 0.1) is 0 Å². The van der Waals surface area contributed by atoms with E-state index in [0.29, 0.717) is 29.5 Å². The molecule has 0 saturated carbocycles. The second-order valence-corrected chi connectivity index (χ2v) is 4.02. The van der Waals surface area contributed by atoms with Crippen LogP contribution in [0.2, 0.25) is 0 Å². The van der Waals surface area contributed by atoms with Gasteiger partial charge in [0.2, 0.25) is 17.8 Å². The van der Waals surface area contributed by atoms with Crippen molar-refractivity contribution < 1.29 is 0 Å². The molecule has 1 aromatic heterocycles. The van der Waals surface area contributed by atoms with Gasteiger partial charge in [0.1, 0.15) is 0 Å². The zero-order valence-electron chi connectivity index (χ0n) is 11.7. The Kier molecular flexibility index (Phi) is 7.22. The van der Waals surface area contributed by atoms with Crippen LogP contribution in [0.1, 0.15) is 13.8 Å². The van der Waals surface area contributed by atoms with Gasteiger partial charge in [0.15, 0.2) is 5.11 Å². The van der Waals surface area contributed by atoms with E-state index in [2.05, 4.69) is 48.3 Å². The summed E-state index contributed by atoms with van der Waals surface area (Å²) < 4.78 is 0. The molecule has 1 heterocycles. The molecular formula is C11H20N8S. The fourth-order valence-corrected chi connectivity index (χ4v) is 1.41. The number of anilines is 3. The van der Waals surface area contributed by atoms with Gasteiger partial charge in [-0.1, -0.05) is 6.08 Å². The van der Waals surface area contributed by atoms with E-state index in [0.717, 1.165) is 13.1 Å². The van der Waals surface area contributed by atoms with Gasteiger partial charge in [0.25, 0.3) is 0 Å². The Labute approximate surface area is 123 Å². The minimum absolute atomic E-state index is 0.364. The second kappa shape index (κ2) is 8.99. The Morgan fingerprint density at radius 2 is 1.65 bits per heavy atom. The van der Waals surface area contributed by atoms with Crippen LogP contribution in [0.5, 0.6) is 0 Å².